The molecule has 1 unspecified atom stereocenters. The number of aromatic carboxylic acids is 1. The predicted molar refractivity (Wildman–Crippen MR) is 154 cm³/mol. The molecule has 4 aromatic rings. The van der Waals surface area contributed by atoms with Crippen molar-refractivity contribution in [3.8, 4) is 16.5 Å². The van der Waals surface area contributed by atoms with Crippen molar-refractivity contribution < 1.29 is 19.7 Å². The first-order chi connectivity index (χ1) is 19.8. The Labute approximate surface area is 239 Å². The second kappa shape index (κ2) is 11.2. The number of nitrogens with zero attached hydrogens (tertiary/aromatic N) is 6. The number of nitrogens with one attached hydrogen (secondary N) is 1. The highest BCUT2D eigenvalue weighted by Gasteiger charge is 2.34. The van der Waals surface area contributed by atoms with Gasteiger partial charge in [-0.25, -0.2) is 9.78 Å². The van der Waals surface area contributed by atoms with Gasteiger partial charge < -0.3 is 19.8 Å². The van der Waals surface area contributed by atoms with Crippen LogP contribution in [0.4, 0.5) is 5.82 Å². The van der Waals surface area contributed by atoms with E-state index < -0.39 is 17.6 Å². The zero-order valence-corrected chi connectivity index (χ0v) is 23.6. The molecule has 4 aromatic heterocycles. The zero-order valence-electron chi connectivity index (χ0n) is 22.8. The molecule has 2 saturated heterocycles. The van der Waals surface area contributed by atoms with Gasteiger partial charge in [-0.3, -0.25) is 19.7 Å². The van der Waals surface area contributed by atoms with Crippen LogP contribution in [0.5, 0.6) is 0 Å². The van der Waals surface area contributed by atoms with Crippen molar-refractivity contribution in [1.82, 2.24) is 29.2 Å². The Balaban J connectivity index is 1.30. The molecule has 6 rings (SSSR count). The highest BCUT2D eigenvalue weighted by atomic mass is 32.1. The molecule has 0 aromatic carbocycles. The van der Waals surface area contributed by atoms with Crippen LogP contribution in [0.2, 0.25) is 0 Å². The number of ether oxygens (including phenoxy) is 1. The number of rotatable bonds is 8. The summed E-state index contributed by atoms with van der Waals surface area (Å²) < 4.78 is 11.7. The van der Waals surface area contributed by atoms with E-state index in [2.05, 4.69) is 19.7 Å². The molecule has 41 heavy (non-hydrogen) atoms. The lowest BCUT2D eigenvalue weighted by molar-refractivity contribution is -0.00541. The molecule has 2 aliphatic heterocycles. The molecular weight excluding hydrogens is 546 g/mol. The molecule has 2 atom stereocenters. The first-order valence-corrected chi connectivity index (χ1v) is 14.4. The van der Waals surface area contributed by atoms with Crippen molar-refractivity contribution in [3.05, 3.63) is 57.6 Å². The minimum atomic E-state index is -1.33. The Morgan fingerprint density at radius 3 is 2.78 bits per heavy atom. The second-order valence-corrected chi connectivity index (χ2v) is 11.4. The molecule has 0 amide bonds. The molecule has 0 bridgehead atoms. The van der Waals surface area contributed by atoms with E-state index in [1.807, 2.05) is 17.9 Å². The number of hydrogen-bond acceptors (Lipinski definition) is 11. The van der Waals surface area contributed by atoms with Gasteiger partial charge in [0.15, 0.2) is 11.5 Å². The average molecular weight is 578 g/mol. The summed E-state index contributed by atoms with van der Waals surface area (Å²) in [7, 11) is 0. The normalized spacial score (nSPS) is 18.4. The number of aryl methyl sites for hydroxylation is 2. The fraction of sp³-hybridized carbons (Fsp3) is 0.429. The first-order valence-electron chi connectivity index (χ1n) is 13.6. The molecule has 0 saturated carbocycles. The first kappa shape index (κ1) is 27.4. The number of carbonyl (C=O) groups is 1. The highest BCUT2D eigenvalue weighted by molar-refractivity contribution is 7.08. The summed E-state index contributed by atoms with van der Waals surface area (Å²) >= 11 is 1.08. The van der Waals surface area contributed by atoms with Crippen molar-refractivity contribution >= 4 is 34.4 Å². The summed E-state index contributed by atoms with van der Waals surface area (Å²) in [4.78, 5) is 40.9. The zero-order chi connectivity index (χ0) is 28.7. The quantitative estimate of drug-likeness (QED) is 0.265. The van der Waals surface area contributed by atoms with Crippen LogP contribution in [0.25, 0.3) is 27.6 Å². The molecule has 12 nitrogen and oxygen atoms in total. The Morgan fingerprint density at radius 2 is 2.05 bits per heavy atom. The van der Waals surface area contributed by atoms with E-state index in [4.69, 9.17) is 9.72 Å². The van der Waals surface area contributed by atoms with Gasteiger partial charge in [-0.15, -0.1) is 0 Å². The third kappa shape index (κ3) is 5.45. The van der Waals surface area contributed by atoms with Crippen molar-refractivity contribution in [2.45, 2.75) is 45.4 Å². The lowest BCUT2D eigenvalue weighted by Crippen LogP contribution is -2.57. The summed E-state index contributed by atoms with van der Waals surface area (Å²) in [5, 5.41) is 24.3. The number of fused-ring (bicyclic) bond motifs is 1. The molecule has 214 valence electrons. The van der Waals surface area contributed by atoms with Crippen molar-refractivity contribution in [2.24, 2.45) is 5.92 Å². The summed E-state index contributed by atoms with van der Waals surface area (Å²) in [5.74, 6) is -0.226. The average Bonchev–Trinajstić information content (AvgIpc) is 3.42. The fourth-order valence-electron chi connectivity index (χ4n) is 5.33. The number of carboxylic acids is 1. The Bertz CT molecular complexity index is 1660. The highest BCUT2D eigenvalue weighted by Crippen LogP contribution is 2.30. The van der Waals surface area contributed by atoms with Crippen LogP contribution >= 0.6 is 11.5 Å². The van der Waals surface area contributed by atoms with E-state index in [1.54, 1.807) is 25.4 Å². The molecule has 0 aliphatic carbocycles. The molecule has 6 heterocycles. The Kier molecular flexibility index (Phi) is 7.51. The van der Waals surface area contributed by atoms with Crippen molar-refractivity contribution in [3.63, 3.8) is 0 Å². The van der Waals surface area contributed by atoms with E-state index in [0.717, 1.165) is 48.5 Å². The summed E-state index contributed by atoms with van der Waals surface area (Å²) in [6, 6.07) is 3.70. The van der Waals surface area contributed by atoms with Crippen LogP contribution in [0, 0.1) is 19.8 Å². The fourth-order valence-corrected chi connectivity index (χ4v) is 6.00. The minimum Gasteiger partial charge on any atom is -0.477 e. The largest absolute Gasteiger partial charge is 0.477 e. The van der Waals surface area contributed by atoms with Crippen molar-refractivity contribution in [2.75, 3.05) is 31.1 Å². The SMILES string of the molecule is Cc1cncc(-c2nsc(-n3cc(C(=O)O)c(=O)c4c(C)cc(N5CC([C@@H](O)NCC6CCCCO6)C5)nc43)n2)c1. The van der Waals surface area contributed by atoms with Gasteiger partial charge >= 0.3 is 5.97 Å². The van der Waals surface area contributed by atoms with E-state index in [-0.39, 0.29) is 23.0 Å². The van der Waals surface area contributed by atoms with Gasteiger partial charge in [0, 0.05) is 67.8 Å². The molecule has 2 fully saturated rings. The summed E-state index contributed by atoms with van der Waals surface area (Å²) in [5.41, 5.74) is 1.63. The molecule has 0 spiro atoms. The molecule has 3 N–H and O–H groups in total. The maximum absolute atomic E-state index is 13.2. The number of carboxylic acid groups (broad SMARTS) is 1. The lowest BCUT2D eigenvalue weighted by Gasteiger charge is -2.43. The maximum atomic E-state index is 13.2. The number of anilines is 1. The monoisotopic (exact) mass is 577 g/mol. The van der Waals surface area contributed by atoms with Gasteiger partial charge in [-0.05, 0) is 56.4 Å². The standard InChI is InChI=1S/C28H31N7O5S/c1-15-7-17(10-29-9-15)24-32-28(41-33-24)35-14-20(27(38)39)23(36)22-16(2)8-21(31-25(22)35)34-12-18(13-34)26(37)30-11-19-5-3-4-6-40-19/h7-10,14,18-19,26,30,37H,3-6,11-13H2,1-2H3,(H,38,39)/t19?,26-/m1/s1. The molecule has 0 radical (unpaired) electrons. The van der Waals surface area contributed by atoms with Gasteiger partial charge in [0.25, 0.3) is 0 Å². The summed E-state index contributed by atoms with van der Waals surface area (Å²) in [6.07, 6.45) is 7.37. The predicted octanol–water partition coefficient (Wildman–Crippen LogP) is 2.53. The lowest BCUT2D eigenvalue weighted by atomic mass is 9.97. The topological polar surface area (TPSA) is 156 Å². The van der Waals surface area contributed by atoms with Crippen molar-refractivity contribution in [1.29, 1.82) is 0 Å². The van der Waals surface area contributed by atoms with Crippen LogP contribution < -0.4 is 15.6 Å². The van der Waals surface area contributed by atoms with Gasteiger partial charge in [-0.1, -0.05) is 0 Å². The molecule has 2 aliphatic rings. The second-order valence-electron chi connectivity index (χ2n) is 10.7. The van der Waals surface area contributed by atoms with E-state index in [9.17, 15) is 19.8 Å². The van der Waals surface area contributed by atoms with E-state index >= 15 is 0 Å². The van der Waals surface area contributed by atoms with Gasteiger partial charge in [0.2, 0.25) is 10.6 Å². The third-order valence-electron chi connectivity index (χ3n) is 7.64. The van der Waals surface area contributed by atoms with E-state index in [1.165, 1.54) is 10.8 Å². The van der Waals surface area contributed by atoms with Crippen LogP contribution in [0.1, 0.15) is 40.7 Å². The number of pyridine rings is 3. The Morgan fingerprint density at radius 1 is 1.22 bits per heavy atom. The Hall–Kier alpha value is -3.78. The number of aliphatic hydroxyl groups is 1. The van der Waals surface area contributed by atoms with Gasteiger partial charge in [0.1, 0.15) is 17.6 Å². The molecular formula is C28H31N7O5S. The van der Waals surface area contributed by atoms with Crippen LogP contribution in [-0.2, 0) is 4.74 Å². The number of aromatic nitrogens is 5. The number of hydrogen-bond donors (Lipinski definition) is 3. The third-order valence-corrected chi connectivity index (χ3v) is 8.35. The van der Waals surface area contributed by atoms with Crippen LogP contribution in [-0.4, -0.2) is 78.6 Å². The summed E-state index contributed by atoms with van der Waals surface area (Å²) in [6.45, 7) is 6.25. The van der Waals surface area contributed by atoms with Crippen LogP contribution in [0.15, 0.2) is 35.5 Å². The van der Waals surface area contributed by atoms with E-state index in [0.29, 0.717) is 47.6 Å². The smallest absolute Gasteiger partial charge is 0.341 e. The van der Waals surface area contributed by atoms with Gasteiger partial charge in [-0.2, -0.15) is 9.36 Å². The van der Waals surface area contributed by atoms with Crippen LogP contribution in [0.3, 0.4) is 0 Å². The molecule has 13 heteroatoms. The number of aliphatic hydroxyl groups excluding tert-OH is 1. The maximum Gasteiger partial charge on any atom is 0.341 e. The van der Waals surface area contributed by atoms with Gasteiger partial charge in [0.05, 0.1) is 11.5 Å². The minimum absolute atomic E-state index is 0.0154.